The minimum absolute atomic E-state index is 0.194. The van der Waals surface area contributed by atoms with Gasteiger partial charge in [0, 0.05) is 23.3 Å². The fourth-order valence-electron chi connectivity index (χ4n) is 5.56. The van der Waals surface area contributed by atoms with E-state index in [1.807, 2.05) is 69.3 Å². The van der Waals surface area contributed by atoms with E-state index in [1.165, 1.54) is 5.01 Å². The van der Waals surface area contributed by atoms with Crippen LogP contribution in [0.5, 0.6) is 5.75 Å². The minimum Gasteiger partial charge on any atom is -0.490 e. The Balaban J connectivity index is 1.62. The summed E-state index contributed by atoms with van der Waals surface area (Å²) in [5.74, 6) is -0.120. The molecule has 0 spiro atoms. The predicted molar refractivity (Wildman–Crippen MR) is 172 cm³/mol. The third-order valence-electron chi connectivity index (χ3n) is 7.48. The van der Waals surface area contributed by atoms with Gasteiger partial charge in [-0.3, -0.25) is 15.0 Å². The number of nitrogens with one attached hydrogen (secondary N) is 1. The van der Waals surface area contributed by atoms with Crippen molar-refractivity contribution in [1.82, 2.24) is 10.4 Å². The molecule has 0 bridgehead atoms. The highest BCUT2D eigenvalue weighted by molar-refractivity contribution is 9.10. The summed E-state index contributed by atoms with van der Waals surface area (Å²) in [6.07, 6.45) is 2.85. The van der Waals surface area contributed by atoms with Crippen LogP contribution in [0.3, 0.4) is 0 Å². The Labute approximate surface area is 264 Å². The van der Waals surface area contributed by atoms with Crippen LogP contribution in [-0.2, 0) is 9.47 Å². The number of hydrazine groups is 1. The van der Waals surface area contributed by atoms with Crippen molar-refractivity contribution >= 4 is 27.7 Å². The topological polar surface area (TPSA) is 77.1 Å². The molecule has 8 heteroatoms. The molecule has 3 aromatic carbocycles. The van der Waals surface area contributed by atoms with E-state index in [1.54, 1.807) is 12.1 Å². The van der Waals surface area contributed by atoms with Crippen LogP contribution in [0, 0.1) is 26.2 Å². The lowest BCUT2D eigenvalue weighted by atomic mass is 9.81. The second-order valence-corrected chi connectivity index (χ2v) is 13.1. The monoisotopic (exact) mass is 650 g/mol. The van der Waals surface area contributed by atoms with Crippen molar-refractivity contribution in [3.63, 3.8) is 0 Å². The molecule has 1 saturated heterocycles. The van der Waals surface area contributed by atoms with Gasteiger partial charge in [-0.1, -0.05) is 68.3 Å². The lowest BCUT2D eigenvalue weighted by Crippen LogP contribution is -2.51. The number of nitrogens with zero attached hydrogens (tertiary/aromatic N) is 1. The Morgan fingerprint density at radius 1 is 1.00 bits per heavy atom. The highest BCUT2D eigenvalue weighted by atomic mass is 79.9. The number of carbonyl (C=O) groups excluding carboxylic acids is 2. The fourth-order valence-corrected chi connectivity index (χ4v) is 6.10. The molecule has 3 aromatic rings. The molecule has 2 atom stereocenters. The molecule has 2 unspecified atom stereocenters. The van der Waals surface area contributed by atoms with Gasteiger partial charge in [-0.25, -0.2) is 5.01 Å². The summed E-state index contributed by atoms with van der Waals surface area (Å²) in [7, 11) is 0. The van der Waals surface area contributed by atoms with Gasteiger partial charge >= 0.3 is 0 Å². The molecule has 1 aliphatic heterocycles. The first kappa shape index (κ1) is 32.7. The molecule has 43 heavy (non-hydrogen) atoms. The molecule has 1 aliphatic rings. The van der Waals surface area contributed by atoms with E-state index >= 15 is 0 Å². The quantitative estimate of drug-likeness (QED) is 0.188. The van der Waals surface area contributed by atoms with Gasteiger partial charge in [-0.05, 0) is 91.2 Å². The third kappa shape index (κ3) is 8.46. The third-order valence-corrected chi connectivity index (χ3v) is 8.10. The molecular weight excluding hydrogens is 608 g/mol. The Morgan fingerprint density at radius 2 is 1.70 bits per heavy atom. The predicted octanol–water partition coefficient (Wildman–Crippen LogP) is 7.87. The van der Waals surface area contributed by atoms with Gasteiger partial charge in [0.05, 0.1) is 17.1 Å². The van der Waals surface area contributed by atoms with Crippen LogP contribution in [0.2, 0.25) is 0 Å². The van der Waals surface area contributed by atoms with Gasteiger partial charge in [-0.15, -0.1) is 0 Å². The van der Waals surface area contributed by atoms with Gasteiger partial charge < -0.3 is 14.2 Å². The summed E-state index contributed by atoms with van der Waals surface area (Å²) >= 11 is 3.57. The maximum Gasteiger partial charge on any atom is 0.272 e. The zero-order chi connectivity index (χ0) is 31.1. The molecule has 0 aromatic heterocycles. The van der Waals surface area contributed by atoms with E-state index in [-0.39, 0.29) is 12.2 Å². The molecule has 1 heterocycles. The molecule has 0 saturated carbocycles. The number of hydrogen-bond donors (Lipinski definition) is 1. The first-order valence-electron chi connectivity index (χ1n) is 14.9. The normalized spacial score (nSPS) is 15.9. The lowest BCUT2D eigenvalue weighted by molar-refractivity contribution is -0.165. The Morgan fingerprint density at radius 3 is 2.33 bits per heavy atom. The second kappa shape index (κ2) is 14.5. The zero-order valence-electron chi connectivity index (χ0n) is 26.0. The number of rotatable bonds is 9. The van der Waals surface area contributed by atoms with Crippen molar-refractivity contribution in [2.24, 2.45) is 5.41 Å². The molecule has 0 aliphatic carbocycles. The highest BCUT2D eigenvalue weighted by Gasteiger charge is 2.37. The minimum atomic E-state index is -0.448. The van der Waals surface area contributed by atoms with E-state index in [2.05, 4.69) is 42.1 Å². The summed E-state index contributed by atoms with van der Waals surface area (Å²) in [6.45, 7) is 13.4. The van der Waals surface area contributed by atoms with Crippen LogP contribution < -0.4 is 10.2 Å². The lowest BCUT2D eigenvalue weighted by Gasteiger charge is -2.40. The molecule has 1 N–H and O–H groups in total. The van der Waals surface area contributed by atoms with Crippen molar-refractivity contribution in [2.45, 2.75) is 73.1 Å². The fraction of sp³-hybridized carbons (Fsp3) is 0.429. The van der Waals surface area contributed by atoms with Gasteiger partial charge in [0.2, 0.25) is 0 Å². The number of aryl methyl sites for hydroxylation is 2. The maximum atomic E-state index is 14.2. The van der Waals surface area contributed by atoms with Crippen LogP contribution >= 0.6 is 15.9 Å². The van der Waals surface area contributed by atoms with Gasteiger partial charge in [0.1, 0.15) is 12.4 Å². The summed E-state index contributed by atoms with van der Waals surface area (Å²) in [4.78, 5) is 28.2. The highest BCUT2D eigenvalue weighted by Crippen LogP contribution is 2.38. The number of halogens is 1. The van der Waals surface area contributed by atoms with Crippen molar-refractivity contribution in [3.05, 3.63) is 98.5 Å². The largest absolute Gasteiger partial charge is 0.490 e. The van der Waals surface area contributed by atoms with E-state index < -0.39 is 17.4 Å². The average Bonchev–Trinajstić information content (AvgIpc) is 2.96. The maximum absolute atomic E-state index is 14.2. The number of ether oxygens (including phenoxy) is 3. The van der Waals surface area contributed by atoms with Crippen molar-refractivity contribution in [1.29, 1.82) is 0 Å². The van der Waals surface area contributed by atoms with E-state index in [0.29, 0.717) is 35.7 Å². The summed E-state index contributed by atoms with van der Waals surface area (Å²) in [6, 6.07) is 18.6. The number of carbonyl (C=O) groups is 2. The molecule has 2 amide bonds. The zero-order valence-corrected chi connectivity index (χ0v) is 27.6. The van der Waals surface area contributed by atoms with Crippen molar-refractivity contribution in [2.75, 3.05) is 19.8 Å². The second-order valence-electron chi connectivity index (χ2n) is 12.2. The number of benzene rings is 3. The van der Waals surface area contributed by atoms with E-state index in [0.717, 1.165) is 47.0 Å². The molecule has 7 nitrogen and oxygen atoms in total. The number of hydrogen-bond acceptors (Lipinski definition) is 5. The Bertz CT molecular complexity index is 1390. The first-order valence-corrected chi connectivity index (χ1v) is 15.7. The van der Waals surface area contributed by atoms with E-state index in [9.17, 15) is 9.59 Å². The van der Waals surface area contributed by atoms with Gasteiger partial charge in [-0.2, -0.15) is 0 Å². The summed E-state index contributed by atoms with van der Waals surface area (Å²) < 4.78 is 18.3. The molecule has 0 radical (unpaired) electrons. The number of amides is 2. The van der Waals surface area contributed by atoms with Crippen LogP contribution in [0.1, 0.15) is 89.0 Å². The Kier molecular flexibility index (Phi) is 11.0. The van der Waals surface area contributed by atoms with Crippen LogP contribution in [0.4, 0.5) is 0 Å². The standard InChI is InChI=1S/C35H43BrN2O5/c1-23-20-24(2)22-27(21-23)34(40)38(32(35(4,5)6)26-12-8-7-9-13-26)37-33(39)28-15-16-29(36)31(25(28)3)43-19-18-42-30-14-10-11-17-41-30/h7-9,12-13,15-16,20-22,30,32H,10-11,14,17-19H2,1-6H3,(H,37,39). The smallest absolute Gasteiger partial charge is 0.272 e. The van der Waals surface area contributed by atoms with Crippen LogP contribution in [0.15, 0.2) is 65.1 Å². The van der Waals surface area contributed by atoms with Gasteiger partial charge in [0.25, 0.3) is 11.8 Å². The van der Waals surface area contributed by atoms with Gasteiger partial charge in [0.15, 0.2) is 6.29 Å². The van der Waals surface area contributed by atoms with Crippen LogP contribution in [-0.4, -0.2) is 42.9 Å². The molecular formula is C35H43BrN2O5. The SMILES string of the molecule is Cc1cc(C)cc(C(=O)N(NC(=O)c2ccc(Br)c(OCCOC3CCCCO3)c2C)C(c2ccccc2)C(C)(C)C)c1. The molecule has 1 fully saturated rings. The molecule has 230 valence electrons. The average molecular weight is 652 g/mol. The summed E-state index contributed by atoms with van der Waals surface area (Å²) in [5, 5.41) is 1.49. The Hall–Kier alpha value is -3.20. The first-order chi connectivity index (χ1) is 20.5. The van der Waals surface area contributed by atoms with Crippen molar-refractivity contribution < 1.29 is 23.8 Å². The van der Waals surface area contributed by atoms with Crippen molar-refractivity contribution in [3.8, 4) is 5.75 Å². The molecule has 4 rings (SSSR count). The van der Waals surface area contributed by atoms with E-state index in [4.69, 9.17) is 14.2 Å². The van der Waals surface area contributed by atoms with Crippen LogP contribution in [0.25, 0.3) is 0 Å². The summed E-state index contributed by atoms with van der Waals surface area (Å²) in [5.41, 5.74) is 7.06.